The molecule has 0 fully saturated rings. The Kier molecular flexibility index (Phi) is 14.2. The average molecular weight is 739 g/mol. The van der Waals surface area contributed by atoms with Crippen LogP contribution in [0.1, 0.15) is 151 Å². The molecule has 53 heavy (non-hydrogen) atoms. The Bertz CT molecular complexity index is 1800. The second kappa shape index (κ2) is 18.4. The summed E-state index contributed by atoms with van der Waals surface area (Å²) < 4.78 is 27.4. The van der Waals surface area contributed by atoms with Crippen molar-refractivity contribution in [1.82, 2.24) is 0 Å². The Balaban J connectivity index is 1.19. The van der Waals surface area contributed by atoms with Crippen LogP contribution in [0, 0.1) is 37.4 Å². The predicted octanol–water partition coefficient (Wildman–Crippen LogP) is 13.7. The van der Waals surface area contributed by atoms with Crippen molar-refractivity contribution in [2.45, 2.75) is 144 Å². The molecule has 0 amide bonds. The SMILES string of the molecule is CC1=C(CC(=O)Oc2cc(C)c3c(c2C)CCC(C)(CCCC(C)CCCC(C)CCCC(C)C)O3)c2cc(F)ccc2/C1=C\c1ccc(CP)cc1. The van der Waals surface area contributed by atoms with Crippen LogP contribution >= 0.6 is 9.24 Å². The molecule has 3 nitrogen and oxygen atoms in total. The number of allylic oxidation sites excluding steroid dienone is 2. The molecule has 3 aromatic carbocycles. The quantitative estimate of drug-likeness (QED) is 0.0786. The summed E-state index contributed by atoms with van der Waals surface area (Å²) in [6.45, 7) is 17.9. The van der Waals surface area contributed by atoms with Gasteiger partial charge in [-0.1, -0.05) is 103 Å². The summed E-state index contributed by atoms with van der Waals surface area (Å²) in [4.78, 5) is 13.6. The van der Waals surface area contributed by atoms with Crippen molar-refractivity contribution >= 4 is 32.4 Å². The van der Waals surface area contributed by atoms with Gasteiger partial charge in [-0.15, -0.1) is 9.24 Å². The van der Waals surface area contributed by atoms with E-state index < -0.39 is 0 Å². The van der Waals surface area contributed by atoms with Gasteiger partial charge < -0.3 is 9.47 Å². The molecule has 1 heterocycles. The zero-order valence-corrected chi connectivity index (χ0v) is 35.0. The van der Waals surface area contributed by atoms with E-state index in [1.54, 1.807) is 6.07 Å². The minimum atomic E-state index is -0.348. The number of carbonyl (C=O) groups excluding carboxylic acids is 1. The van der Waals surface area contributed by atoms with Crippen LogP contribution in [0.2, 0.25) is 0 Å². The molecule has 1 aliphatic carbocycles. The molecule has 5 rings (SSSR count). The zero-order valence-electron chi connectivity index (χ0n) is 33.8. The van der Waals surface area contributed by atoms with Gasteiger partial charge in [-0.2, -0.15) is 0 Å². The number of hydrogen-bond donors (Lipinski definition) is 0. The first-order valence-electron chi connectivity index (χ1n) is 20.3. The van der Waals surface area contributed by atoms with E-state index >= 15 is 0 Å². The molecule has 0 radical (unpaired) electrons. The lowest BCUT2D eigenvalue weighted by atomic mass is 9.84. The fourth-order valence-electron chi connectivity index (χ4n) is 8.34. The first-order valence-corrected chi connectivity index (χ1v) is 21.1. The lowest BCUT2D eigenvalue weighted by Gasteiger charge is -2.38. The second-order valence-corrected chi connectivity index (χ2v) is 17.4. The number of esters is 1. The number of rotatable bonds is 17. The van der Waals surface area contributed by atoms with Gasteiger partial charge in [0.25, 0.3) is 0 Å². The molecular formula is C48H64FO3P. The van der Waals surface area contributed by atoms with E-state index in [0.29, 0.717) is 5.75 Å². The minimum Gasteiger partial charge on any atom is -0.487 e. The fraction of sp³-hybridized carbons (Fsp3) is 0.521. The van der Waals surface area contributed by atoms with Crippen molar-refractivity contribution in [2.24, 2.45) is 17.8 Å². The molecule has 4 atom stereocenters. The van der Waals surface area contributed by atoms with Gasteiger partial charge in [0.15, 0.2) is 0 Å². The Morgan fingerprint density at radius 1 is 0.906 bits per heavy atom. The highest BCUT2D eigenvalue weighted by Gasteiger charge is 2.34. The van der Waals surface area contributed by atoms with Gasteiger partial charge in [0.1, 0.15) is 22.9 Å². The number of ether oxygens (including phenoxy) is 2. The standard InChI is InChI=1S/C48H64FO3P/c1-31(2)12-9-13-32(3)14-10-15-33(4)16-11-24-48(8)25-23-40-36(7)45(26-34(5)47(40)52-48)51-46(50)29-43-35(6)42(41-22-21-39(49)28-44(41)43)27-37-17-19-38(30-53)20-18-37/h17-22,26-28,31-33H,9-16,23-25,29-30,53H2,1-8H3/b42-27-. The summed E-state index contributed by atoms with van der Waals surface area (Å²) in [6, 6.07) is 15.2. The van der Waals surface area contributed by atoms with E-state index in [1.165, 1.54) is 63.0 Å². The predicted molar refractivity (Wildman–Crippen MR) is 225 cm³/mol. The van der Waals surface area contributed by atoms with Crippen LogP contribution in [0.15, 0.2) is 54.1 Å². The smallest absolute Gasteiger partial charge is 0.315 e. The highest BCUT2D eigenvalue weighted by molar-refractivity contribution is 7.15. The molecule has 4 unspecified atom stereocenters. The first kappa shape index (κ1) is 40.9. The highest BCUT2D eigenvalue weighted by atomic mass is 31.0. The number of benzene rings is 3. The van der Waals surface area contributed by atoms with Gasteiger partial charge in [-0.25, -0.2) is 4.39 Å². The molecule has 0 spiro atoms. The van der Waals surface area contributed by atoms with E-state index in [4.69, 9.17) is 9.47 Å². The average Bonchev–Trinajstić information content (AvgIpc) is 3.35. The van der Waals surface area contributed by atoms with Crippen LogP contribution in [-0.4, -0.2) is 11.6 Å². The number of hydrogen-bond acceptors (Lipinski definition) is 3. The maximum atomic E-state index is 14.5. The molecule has 0 saturated heterocycles. The van der Waals surface area contributed by atoms with E-state index in [1.807, 2.05) is 26.0 Å². The second-order valence-electron chi connectivity index (χ2n) is 17.0. The lowest BCUT2D eigenvalue weighted by molar-refractivity contribution is -0.133. The summed E-state index contributed by atoms with van der Waals surface area (Å²) in [5, 5.41) is 0. The summed E-state index contributed by atoms with van der Waals surface area (Å²) in [5.41, 5.74) is 9.71. The Labute approximate surface area is 322 Å². The van der Waals surface area contributed by atoms with Crippen LogP contribution in [0.4, 0.5) is 4.39 Å². The fourth-order valence-corrected chi connectivity index (χ4v) is 8.62. The number of carbonyl (C=O) groups is 1. The van der Waals surface area contributed by atoms with Crippen molar-refractivity contribution in [1.29, 1.82) is 0 Å². The van der Waals surface area contributed by atoms with E-state index in [9.17, 15) is 9.18 Å². The summed E-state index contributed by atoms with van der Waals surface area (Å²) in [6.07, 6.45) is 16.5. The monoisotopic (exact) mass is 738 g/mol. The van der Waals surface area contributed by atoms with Gasteiger partial charge in [0.05, 0.1) is 6.42 Å². The molecule has 3 aromatic rings. The minimum absolute atomic E-state index is 0.0610. The maximum absolute atomic E-state index is 14.5. The molecule has 5 heteroatoms. The van der Waals surface area contributed by atoms with Crippen LogP contribution in [0.3, 0.4) is 0 Å². The molecule has 286 valence electrons. The van der Waals surface area contributed by atoms with Gasteiger partial charge >= 0.3 is 5.97 Å². The number of fused-ring (bicyclic) bond motifs is 2. The van der Waals surface area contributed by atoms with E-state index in [0.717, 1.165) is 99.0 Å². The number of halogens is 1. The van der Waals surface area contributed by atoms with E-state index in [-0.39, 0.29) is 23.8 Å². The summed E-state index contributed by atoms with van der Waals surface area (Å²) >= 11 is 0. The Hall–Kier alpha value is -3.23. The topological polar surface area (TPSA) is 35.5 Å². The maximum Gasteiger partial charge on any atom is 0.315 e. The highest BCUT2D eigenvalue weighted by Crippen LogP contribution is 2.46. The third-order valence-electron chi connectivity index (χ3n) is 11.9. The molecule has 1 aliphatic heterocycles. The van der Waals surface area contributed by atoms with Crippen molar-refractivity contribution < 1.29 is 18.7 Å². The molecule has 0 aromatic heterocycles. The van der Waals surface area contributed by atoms with Gasteiger partial charge in [-0.3, -0.25) is 4.79 Å². The third-order valence-corrected chi connectivity index (χ3v) is 12.3. The zero-order chi connectivity index (χ0) is 38.3. The van der Waals surface area contributed by atoms with Crippen LogP contribution in [0.25, 0.3) is 17.2 Å². The Morgan fingerprint density at radius 2 is 1.57 bits per heavy atom. The van der Waals surface area contributed by atoms with Crippen LogP contribution in [0.5, 0.6) is 11.5 Å². The van der Waals surface area contributed by atoms with Crippen molar-refractivity contribution in [3.63, 3.8) is 0 Å². The summed E-state index contributed by atoms with van der Waals surface area (Å²) in [5.74, 6) is 3.28. The summed E-state index contributed by atoms with van der Waals surface area (Å²) in [7, 11) is 2.75. The largest absolute Gasteiger partial charge is 0.487 e. The van der Waals surface area contributed by atoms with E-state index in [2.05, 4.69) is 81.1 Å². The normalized spacial score (nSPS) is 18.6. The number of aryl methyl sites for hydroxylation is 1. The van der Waals surface area contributed by atoms with Gasteiger partial charge in [0, 0.05) is 5.56 Å². The molecular weight excluding hydrogens is 674 g/mol. The van der Waals surface area contributed by atoms with Crippen molar-refractivity contribution in [3.05, 3.63) is 98.9 Å². The molecule has 0 saturated carbocycles. The molecule has 0 bridgehead atoms. The first-order chi connectivity index (χ1) is 25.3. The van der Waals surface area contributed by atoms with Crippen LogP contribution < -0.4 is 9.47 Å². The lowest BCUT2D eigenvalue weighted by Crippen LogP contribution is -2.37. The van der Waals surface area contributed by atoms with Gasteiger partial charge in [0.2, 0.25) is 0 Å². The third kappa shape index (κ3) is 10.7. The van der Waals surface area contributed by atoms with Crippen LogP contribution in [-0.2, 0) is 17.4 Å². The Morgan fingerprint density at radius 3 is 2.23 bits per heavy atom. The van der Waals surface area contributed by atoms with Crippen molar-refractivity contribution in [3.8, 4) is 11.5 Å². The molecule has 2 aliphatic rings. The molecule has 0 N–H and O–H groups in total. The van der Waals surface area contributed by atoms with Gasteiger partial charge in [-0.05, 0) is 152 Å². The van der Waals surface area contributed by atoms with Crippen molar-refractivity contribution in [2.75, 3.05) is 0 Å².